The Labute approximate surface area is 171 Å². The summed E-state index contributed by atoms with van der Waals surface area (Å²) in [6.45, 7) is 1.97. The number of fused-ring (bicyclic) bond motifs is 2. The number of aromatic nitrogens is 6. The summed E-state index contributed by atoms with van der Waals surface area (Å²) in [6, 6.07) is 9.77. The van der Waals surface area contributed by atoms with Gasteiger partial charge in [-0.3, -0.25) is 19.9 Å². The molecule has 3 N–H and O–H groups in total. The van der Waals surface area contributed by atoms with Gasteiger partial charge in [0.15, 0.2) is 5.65 Å². The second-order valence-electron chi connectivity index (χ2n) is 7.07. The first-order valence-electron chi connectivity index (χ1n) is 9.75. The van der Waals surface area contributed by atoms with E-state index in [0.717, 1.165) is 45.4 Å². The molecule has 0 saturated carbocycles. The molecule has 5 aromatic heterocycles. The number of carbonyl (C=O) groups excluding carboxylic acids is 1. The molecule has 0 aliphatic carbocycles. The zero-order chi connectivity index (χ0) is 20.5. The summed E-state index contributed by atoms with van der Waals surface area (Å²) in [6.07, 6.45) is 8.21. The maximum absolute atomic E-state index is 11.9. The Morgan fingerprint density at radius 1 is 1.10 bits per heavy atom. The fourth-order valence-corrected chi connectivity index (χ4v) is 3.47. The van der Waals surface area contributed by atoms with Crippen molar-refractivity contribution >= 4 is 33.7 Å². The maximum atomic E-state index is 11.9. The second kappa shape index (κ2) is 7.40. The number of H-pyrrole nitrogens is 2. The van der Waals surface area contributed by atoms with Crippen LogP contribution in [0.15, 0.2) is 55.1 Å². The van der Waals surface area contributed by atoms with Crippen LogP contribution >= 0.6 is 0 Å². The quantitative estimate of drug-likeness (QED) is 0.409. The number of pyridine rings is 3. The van der Waals surface area contributed by atoms with Gasteiger partial charge in [0.25, 0.3) is 0 Å². The summed E-state index contributed by atoms with van der Waals surface area (Å²) < 4.78 is 0. The third kappa shape index (κ3) is 3.28. The highest BCUT2D eigenvalue weighted by Gasteiger charge is 2.14. The zero-order valence-corrected chi connectivity index (χ0v) is 16.3. The Bertz CT molecular complexity index is 1340. The van der Waals surface area contributed by atoms with E-state index in [1.165, 1.54) is 0 Å². The van der Waals surface area contributed by atoms with E-state index >= 15 is 0 Å². The van der Waals surface area contributed by atoms with Crippen molar-refractivity contribution in [3.63, 3.8) is 0 Å². The molecule has 5 aromatic rings. The fourth-order valence-electron chi connectivity index (χ4n) is 3.47. The number of aromatic amines is 2. The lowest BCUT2D eigenvalue weighted by Crippen LogP contribution is -2.10. The van der Waals surface area contributed by atoms with E-state index in [4.69, 9.17) is 0 Å². The Morgan fingerprint density at radius 3 is 2.87 bits per heavy atom. The highest BCUT2D eigenvalue weighted by Crippen LogP contribution is 2.30. The van der Waals surface area contributed by atoms with Crippen LogP contribution in [0.1, 0.15) is 19.8 Å². The van der Waals surface area contributed by atoms with Crippen molar-refractivity contribution in [1.82, 2.24) is 30.1 Å². The Morgan fingerprint density at radius 2 is 2.00 bits per heavy atom. The van der Waals surface area contributed by atoms with Crippen LogP contribution in [0.25, 0.3) is 44.6 Å². The van der Waals surface area contributed by atoms with Crippen LogP contribution in [-0.4, -0.2) is 36.0 Å². The van der Waals surface area contributed by atoms with Gasteiger partial charge in [0.1, 0.15) is 5.69 Å². The van der Waals surface area contributed by atoms with Crippen molar-refractivity contribution in [2.75, 3.05) is 5.32 Å². The molecular weight excluding hydrogens is 378 g/mol. The highest BCUT2D eigenvalue weighted by atomic mass is 16.1. The van der Waals surface area contributed by atoms with E-state index < -0.39 is 0 Å². The average Bonchev–Trinajstić information content (AvgIpc) is 3.37. The van der Waals surface area contributed by atoms with Crippen molar-refractivity contribution in [3.05, 3.63) is 55.1 Å². The molecule has 0 aliphatic heterocycles. The maximum Gasteiger partial charge on any atom is 0.224 e. The molecule has 0 bridgehead atoms. The number of anilines is 1. The zero-order valence-electron chi connectivity index (χ0n) is 16.3. The summed E-state index contributed by atoms with van der Waals surface area (Å²) in [5.74, 6) is -0.0189. The molecule has 0 spiro atoms. The van der Waals surface area contributed by atoms with E-state index in [1.54, 1.807) is 24.8 Å². The summed E-state index contributed by atoms with van der Waals surface area (Å²) in [5.41, 5.74) is 6.59. The Kier molecular flexibility index (Phi) is 4.44. The monoisotopic (exact) mass is 397 g/mol. The minimum atomic E-state index is -0.0189. The highest BCUT2D eigenvalue weighted by molar-refractivity contribution is 5.95. The number of amides is 1. The van der Waals surface area contributed by atoms with E-state index in [1.807, 2.05) is 37.3 Å². The largest absolute Gasteiger partial charge is 0.352 e. The molecule has 0 atom stereocenters. The molecule has 0 saturated heterocycles. The lowest BCUT2D eigenvalue weighted by atomic mass is 10.1. The Hall–Kier alpha value is -4.07. The molecule has 5 heterocycles. The first kappa shape index (κ1) is 18.0. The number of nitrogens with zero attached hydrogens (tertiary/aromatic N) is 4. The third-order valence-electron chi connectivity index (χ3n) is 4.89. The minimum absolute atomic E-state index is 0.0189. The molecule has 8 nitrogen and oxygen atoms in total. The van der Waals surface area contributed by atoms with Crippen LogP contribution in [0.5, 0.6) is 0 Å². The molecule has 148 valence electrons. The normalized spacial score (nSPS) is 11.2. The van der Waals surface area contributed by atoms with Crippen LogP contribution in [-0.2, 0) is 4.79 Å². The van der Waals surface area contributed by atoms with Gasteiger partial charge in [0.2, 0.25) is 5.91 Å². The summed E-state index contributed by atoms with van der Waals surface area (Å²) in [4.78, 5) is 28.4. The molecule has 30 heavy (non-hydrogen) atoms. The van der Waals surface area contributed by atoms with Gasteiger partial charge >= 0.3 is 0 Å². The number of carbonyl (C=O) groups is 1. The van der Waals surface area contributed by atoms with Gasteiger partial charge in [-0.1, -0.05) is 6.92 Å². The molecule has 0 fully saturated rings. The molecular formula is C22H19N7O. The second-order valence-corrected chi connectivity index (χ2v) is 7.07. The van der Waals surface area contributed by atoms with Crippen LogP contribution < -0.4 is 5.32 Å². The summed E-state index contributed by atoms with van der Waals surface area (Å²) >= 11 is 0. The molecule has 0 unspecified atom stereocenters. The van der Waals surface area contributed by atoms with Gasteiger partial charge in [-0.25, -0.2) is 4.98 Å². The van der Waals surface area contributed by atoms with Crippen LogP contribution in [0.3, 0.4) is 0 Å². The van der Waals surface area contributed by atoms with Crippen molar-refractivity contribution in [2.24, 2.45) is 0 Å². The molecule has 0 aliphatic rings. The van der Waals surface area contributed by atoms with Crippen LogP contribution in [0.2, 0.25) is 0 Å². The standard InChI is InChI=1S/C22H19N7O/c1-2-4-20(30)26-15-7-13(10-23-12-15)14-8-16-21(28-29-22(16)25-11-14)19-9-18-17(27-19)5-3-6-24-18/h3,5-12,27H,2,4H2,1H3,(H,26,30)(H,25,28,29). The summed E-state index contributed by atoms with van der Waals surface area (Å²) in [5, 5.41) is 11.2. The van der Waals surface area contributed by atoms with Crippen molar-refractivity contribution in [2.45, 2.75) is 19.8 Å². The predicted molar refractivity (Wildman–Crippen MR) is 116 cm³/mol. The van der Waals surface area contributed by atoms with E-state index in [-0.39, 0.29) is 5.91 Å². The average molecular weight is 397 g/mol. The molecule has 5 rings (SSSR count). The van der Waals surface area contributed by atoms with Gasteiger partial charge in [0, 0.05) is 41.5 Å². The van der Waals surface area contributed by atoms with Gasteiger partial charge in [-0.15, -0.1) is 0 Å². The summed E-state index contributed by atoms with van der Waals surface area (Å²) in [7, 11) is 0. The van der Waals surface area contributed by atoms with Gasteiger partial charge in [-0.2, -0.15) is 5.10 Å². The molecule has 1 amide bonds. The van der Waals surface area contributed by atoms with Crippen molar-refractivity contribution in [1.29, 1.82) is 0 Å². The van der Waals surface area contributed by atoms with Gasteiger partial charge in [0.05, 0.1) is 28.6 Å². The number of hydrogen-bond acceptors (Lipinski definition) is 5. The number of rotatable bonds is 5. The molecule has 8 heteroatoms. The van der Waals surface area contributed by atoms with Gasteiger partial charge < -0.3 is 10.3 Å². The van der Waals surface area contributed by atoms with Crippen LogP contribution in [0, 0.1) is 0 Å². The lowest BCUT2D eigenvalue weighted by molar-refractivity contribution is -0.116. The Balaban J connectivity index is 1.54. The number of nitrogens with one attached hydrogen (secondary N) is 3. The fraction of sp³-hybridized carbons (Fsp3) is 0.136. The predicted octanol–water partition coefficient (Wildman–Crippen LogP) is 4.30. The lowest BCUT2D eigenvalue weighted by Gasteiger charge is -2.07. The van der Waals surface area contributed by atoms with Gasteiger partial charge in [-0.05, 0) is 36.8 Å². The first-order valence-corrected chi connectivity index (χ1v) is 9.75. The van der Waals surface area contributed by atoms with Crippen LogP contribution in [0.4, 0.5) is 5.69 Å². The third-order valence-corrected chi connectivity index (χ3v) is 4.89. The van der Waals surface area contributed by atoms with Crippen molar-refractivity contribution < 1.29 is 4.79 Å². The SMILES string of the molecule is CCCC(=O)Nc1cncc(-c2cnc3[nH]nc(-c4cc5ncccc5[nH]4)c3c2)c1. The number of hydrogen-bond donors (Lipinski definition) is 3. The molecule has 0 radical (unpaired) electrons. The first-order chi connectivity index (χ1) is 14.7. The van der Waals surface area contributed by atoms with E-state index in [9.17, 15) is 4.79 Å². The smallest absolute Gasteiger partial charge is 0.224 e. The topological polar surface area (TPSA) is 112 Å². The molecule has 0 aromatic carbocycles. The minimum Gasteiger partial charge on any atom is -0.352 e. The van der Waals surface area contributed by atoms with E-state index in [2.05, 4.69) is 35.5 Å². The van der Waals surface area contributed by atoms with E-state index in [0.29, 0.717) is 17.8 Å². The van der Waals surface area contributed by atoms with Crippen molar-refractivity contribution in [3.8, 4) is 22.5 Å².